The summed E-state index contributed by atoms with van der Waals surface area (Å²) in [4.78, 5) is 0. The van der Waals surface area contributed by atoms with Gasteiger partial charge in [0.1, 0.15) is 6.26 Å². The van der Waals surface area contributed by atoms with Gasteiger partial charge in [0, 0.05) is 16.8 Å². The molecular weight excluding hydrogens is 182 g/mol. The van der Waals surface area contributed by atoms with E-state index in [1.165, 1.54) is 12.8 Å². The van der Waals surface area contributed by atoms with Gasteiger partial charge in [-0.1, -0.05) is 13.8 Å². The molecule has 0 aromatic heterocycles. The molecule has 1 unspecified atom stereocenters. The van der Waals surface area contributed by atoms with Crippen LogP contribution in [-0.4, -0.2) is 28.2 Å². The van der Waals surface area contributed by atoms with Gasteiger partial charge in [-0.2, -0.15) is 0 Å². The Morgan fingerprint density at radius 1 is 1.38 bits per heavy atom. The number of rotatable bonds is 2. The number of nitrogens with zero attached hydrogens (tertiary/aromatic N) is 1. The quantitative estimate of drug-likeness (QED) is 0.635. The summed E-state index contributed by atoms with van der Waals surface area (Å²) in [7, 11) is 0. The Kier molecular flexibility index (Phi) is 2.37. The largest absolute Gasteiger partial charge is 0.598 e. The molecule has 1 spiro atoms. The highest BCUT2D eigenvalue weighted by Gasteiger charge is 2.55. The number of hydrogen-bond donors (Lipinski definition) is 0. The second-order valence-corrected chi connectivity index (χ2v) is 6.50. The second-order valence-electron chi connectivity index (χ2n) is 5.13. The van der Waals surface area contributed by atoms with E-state index in [0.29, 0.717) is 5.41 Å². The van der Waals surface area contributed by atoms with Crippen molar-refractivity contribution in [3.8, 4) is 0 Å². The molecule has 0 bridgehead atoms. The van der Waals surface area contributed by atoms with Crippen LogP contribution in [0, 0.1) is 17.3 Å². The van der Waals surface area contributed by atoms with Gasteiger partial charge in [-0.15, -0.1) is 4.31 Å². The lowest BCUT2D eigenvalue weighted by molar-refractivity contribution is -0.0676. The van der Waals surface area contributed by atoms with Crippen LogP contribution in [0.2, 0.25) is 0 Å². The van der Waals surface area contributed by atoms with Gasteiger partial charge in [0.25, 0.3) is 0 Å². The molecular formula is C10H19NOS. The predicted molar refractivity (Wildman–Crippen MR) is 55.6 cm³/mol. The Bertz CT molecular complexity index is 168. The molecule has 1 atom stereocenters. The molecule has 1 saturated carbocycles. The highest BCUT2D eigenvalue weighted by Crippen LogP contribution is 2.54. The molecule has 1 aliphatic heterocycles. The van der Waals surface area contributed by atoms with Crippen LogP contribution in [0.1, 0.15) is 26.7 Å². The first-order chi connectivity index (χ1) is 6.02. The van der Waals surface area contributed by atoms with Crippen LogP contribution in [0.25, 0.3) is 0 Å². The molecule has 2 fully saturated rings. The fourth-order valence-corrected chi connectivity index (χ4v) is 3.58. The summed E-state index contributed by atoms with van der Waals surface area (Å²) in [6.45, 7) is 6.79. The van der Waals surface area contributed by atoms with Gasteiger partial charge in [-0.25, -0.2) is 0 Å². The molecule has 13 heavy (non-hydrogen) atoms. The number of hydrogen-bond acceptors (Lipinski definition) is 2. The van der Waals surface area contributed by atoms with E-state index in [2.05, 4.69) is 18.2 Å². The van der Waals surface area contributed by atoms with E-state index in [1.54, 1.807) is 6.26 Å². The van der Waals surface area contributed by atoms with Gasteiger partial charge < -0.3 is 4.55 Å². The van der Waals surface area contributed by atoms with Crippen molar-refractivity contribution in [2.75, 3.05) is 19.3 Å². The van der Waals surface area contributed by atoms with Gasteiger partial charge in [-0.3, -0.25) is 0 Å². The van der Waals surface area contributed by atoms with Crippen molar-refractivity contribution in [1.29, 1.82) is 0 Å². The summed E-state index contributed by atoms with van der Waals surface area (Å²) in [5.41, 5.74) is 0.584. The fourth-order valence-electron chi connectivity index (χ4n) is 2.67. The summed E-state index contributed by atoms with van der Waals surface area (Å²) in [6, 6.07) is 0. The van der Waals surface area contributed by atoms with Crippen LogP contribution < -0.4 is 0 Å². The predicted octanol–water partition coefficient (Wildman–Crippen LogP) is 1.65. The Morgan fingerprint density at radius 3 is 2.31 bits per heavy atom. The van der Waals surface area contributed by atoms with Crippen LogP contribution in [0.15, 0.2) is 0 Å². The molecule has 0 aromatic carbocycles. The monoisotopic (exact) mass is 201 g/mol. The molecule has 1 aliphatic carbocycles. The average molecular weight is 201 g/mol. The zero-order valence-electron chi connectivity index (χ0n) is 8.75. The molecule has 0 N–H and O–H groups in total. The van der Waals surface area contributed by atoms with Crippen LogP contribution in [0.3, 0.4) is 0 Å². The Balaban J connectivity index is 1.76. The highest BCUT2D eigenvalue weighted by atomic mass is 32.2. The molecule has 0 radical (unpaired) electrons. The van der Waals surface area contributed by atoms with Crippen LogP contribution in [-0.2, 0) is 11.4 Å². The zero-order valence-corrected chi connectivity index (χ0v) is 9.56. The zero-order chi connectivity index (χ0) is 9.64. The third-order valence-corrected chi connectivity index (χ3v) is 4.71. The van der Waals surface area contributed by atoms with Crippen molar-refractivity contribution in [3.63, 3.8) is 0 Å². The molecule has 1 saturated heterocycles. The normalized spacial score (nSPS) is 30.2. The van der Waals surface area contributed by atoms with Crippen molar-refractivity contribution < 1.29 is 4.55 Å². The van der Waals surface area contributed by atoms with Gasteiger partial charge in [0.15, 0.2) is 0 Å². The maximum absolute atomic E-state index is 11.1. The molecule has 0 amide bonds. The highest BCUT2D eigenvalue weighted by molar-refractivity contribution is 7.88. The third-order valence-electron chi connectivity index (χ3n) is 3.72. The van der Waals surface area contributed by atoms with Crippen molar-refractivity contribution >= 4 is 11.4 Å². The lowest BCUT2D eigenvalue weighted by Gasteiger charge is -2.58. The molecule has 0 aromatic rings. The minimum Gasteiger partial charge on any atom is -0.598 e. The lowest BCUT2D eigenvalue weighted by Crippen LogP contribution is -2.63. The molecule has 2 rings (SSSR count). The van der Waals surface area contributed by atoms with E-state index in [1.807, 2.05) is 0 Å². The van der Waals surface area contributed by atoms with Gasteiger partial charge in [0.05, 0.1) is 13.1 Å². The van der Waals surface area contributed by atoms with E-state index in [-0.39, 0.29) is 0 Å². The molecule has 1 heterocycles. The van der Waals surface area contributed by atoms with E-state index in [4.69, 9.17) is 0 Å². The van der Waals surface area contributed by atoms with Gasteiger partial charge in [-0.05, 0) is 24.7 Å². The molecule has 76 valence electrons. The van der Waals surface area contributed by atoms with Crippen LogP contribution >= 0.6 is 0 Å². The smallest absolute Gasteiger partial charge is 0.115 e. The first-order valence-electron chi connectivity index (χ1n) is 5.11. The van der Waals surface area contributed by atoms with Crippen LogP contribution in [0.5, 0.6) is 0 Å². The standard InChI is InChI=1S/C10H19NOS/c1-8(2)9-4-10(5-9)6-11(7-10)13(3)12/h8-9H,4-7H2,1-3H3. The summed E-state index contributed by atoms with van der Waals surface area (Å²) in [5, 5.41) is 0. The first-order valence-corrected chi connectivity index (χ1v) is 6.62. The lowest BCUT2D eigenvalue weighted by atomic mass is 9.56. The second kappa shape index (κ2) is 3.14. The fraction of sp³-hybridized carbons (Fsp3) is 1.00. The maximum Gasteiger partial charge on any atom is 0.115 e. The van der Waals surface area contributed by atoms with Gasteiger partial charge >= 0.3 is 0 Å². The van der Waals surface area contributed by atoms with Crippen molar-refractivity contribution in [2.24, 2.45) is 17.3 Å². The SMILES string of the molecule is CC(C)C1CC2(C1)CN([S+](C)[O-])C2. The summed E-state index contributed by atoms with van der Waals surface area (Å²) in [5.74, 6) is 1.78. The molecule has 2 nitrogen and oxygen atoms in total. The topological polar surface area (TPSA) is 26.3 Å². The summed E-state index contributed by atoms with van der Waals surface area (Å²) >= 11 is -0.726. The molecule has 3 heteroatoms. The van der Waals surface area contributed by atoms with Crippen molar-refractivity contribution in [2.45, 2.75) is 26.7 Å². The first kappa shape index (κ1) is 9.81. The van der Waals surface area contributed by atoms with E-state index >= 15 is 0 Å². The van der Waals surface area contributed by atoms with Crippen molar-refractivity contribution in [3.05, 3.63) is 0 Å². The van der Waals surface area contributed by atoms with E-state index in [0.717, 1.165) is 24.9 Å². The minimum atomic E-state index is -0.726. The Labute approximate surface area is 84.0 Å². The summed E-state index contributed by atoms with van der Waals surface area (Å²) in [6.07, 6.45) is 4.53. The Hall–Kier alpha value is 0.270. The van der Waals surface area contributed by atoms with E-state index in [9.17, 15) is 4.55 Å². The third kappa shape index (κ3) is 1.62. The van der Waals surface area contributed by atoms with Crippen molar-refractivity contribution in [1.82, 2.24) is 4.31 Å². The summed E-state index contributed by atoms with van der Waals surface area (Å²) < 4.78 is 13.2. The Morgan fingerprint density at radius 2 is 1.92 bits per heavy atom. The van der Waals surface area contributed by atoms with Crippen LogP contribution in [0.4, 0.5) is 0 Å². The molecule has 2 aliphatic rings. The van der Waals surface area contributed by atoms with E-state index < -0.39 is 11.4 Å². The average Bonchev–Trinajstić information content (AvgIpc) is 1.78. The maximum atomic E-state index is 11.1. The minimum absolute atomic E-state index is 0.584. The van der Waals surface area contributed by atoms with Gasteiger partial charge in [0.2, 0.25) is 0 Å².